The van der Waals surface area contributed by atoms with E-state index in [1.54, 1.807) is 0 Å². The fourth-order valence-corrected chi connectivity index (χ4v) is 3.69. The van der Waals surface area contributed by atoms with E-state index < -0.39 is 0 Å². The number of nitrogens with zero attached hydrogens (tertiary/aromatic N) is 1. The third-order valence-corrected chi connectivity index (χ3v) is 4.58. The summed E-state index contributed by atoms with van der Waals surface area (Å²) in [7, 11) is 0. The Kier molecular flexibility index (Phi) is 3.37. The van der Waals surface area contributed by atoms with Crippen molar-refractivity contribution in [1.29, 1.82) is 0 Å². The van der Waals surface area contributed by atoms with Crippen molar-refractivity contribution in [3.63, 3.8) is 0 Å². The molecule has 2 N–H and O–H groups in total. The summed E-state index contributed by atoms with van der Waals surface area (Å²) >= 11 is 0. The molecule has 4 atom stereocenters. The third-order valence-electron chi connectivity index (χ3n) is 4.58. The van der Waals surface area contributed by atoms with Crippen LogP contribution in [0.25, 0.3) is 0 Å². The SMILES string of the molecule is OCC1C2CC(CN(Cc3ccccc3)C2)C1O. The van der Waals surface area contributed by atoms with Gasteiger partial charge in [0.15, 0.2) is 0 Å². The van der Waals surface area contributed by atoms with Gasteiger partial charge < -0.3 is 10.2 Å². The van der Waals surface area contributed by atoms with Crippen molar-refractivity contribution < 1.29 is 10.2 Å². The first-order valence-electron chi connectivity index (χ1n) is 6.83. The lowest BCUT2D eigenvalue weighted by atomic mass is 9.94. The van der Waals surface area contributed by atoms with Gasteiger partial charge in [0.25, 0.3) is 0 Å². The average molecular weight is 247 g/mol. The Morgan fingerprint density at radius 2 is 1.83 bits per heavy atom. The van der Waals surface area contributed by atoms with E-state index in [1.165, 1.54) is 5.56 Å². The first-order valence-corrected chi connectivity index (χ1v) is 6.83. The van der Waals surface area contributed by atoms with Gasteiger partial charge in [0.05, 0.1) is 6.10 Å². The van der Waals surface area contributed by atoms with Crippen molar-refractivity contribution >= 4 is 0 Å². The van der Waals surface area contributed by atoms with Gasteiger partial charge in [-0.15, -0.1) is 0 Å². The van der Waals surface area contributed by atoms with E-state index in [0.29, 0.717) is 11.8 Å². The lowest BCUT2D eigenvalue weighted by molar-refractivity contribution is 0.0567. The third kappa shape index (κ3) is 2.18. The topological polar surface area (TPSA) is 43.7 Å². The first kappa shape index (κ1) is 12.2. The Hall–Kier alpha value is -0.900. The number of piperidine rings is 1. The second kappa shape index (κ2) is 5.00. The fraction of sp³-hybridized carbons (Fsp3) is 0.600. The average Bonchev–Trinajstić information content (AvgIpc) is 2.61. The zero-order valence-electron chi connectivity index (χ0n) is 10.6. The van der Waals surface area contributed by atoms with Gasteiger partial charge in [0.2, 0.25) is 0 Å². The molecule has 3 heteroatoms. The maximum absolute atomic E-state index is 10.2. The van der Waals surface area contributed by atoms with Crippen molar-refractivity contribution in [3.8, 4) is 0 Å². The van der Waals surface area contributed by atoms with E-state index in [1.807, 2.05) is 6.07 Å². The van der Waals surface area contributed by atoms with Crippen molar-refractivity contribution in [1.82, 2.24) is 4.90 Å². The minimum Gasteiger partial charge on any atom is -0.396 e. The van der Waals surface area contributed by atoms with Crippen molar-refractivity contribution in [3.05, 3.63) is 35.9 Å². The fourth-order valence-electron chi connectivity index (χ4n) is 3.69. The highest BCUT2D eigenvalue weighted by Gasteiger charge is 2.46. The number of benzene rings is 1. The molecular weight excluding hydrogens is 226 g/mol. The minimum atomic E-state index is -0.305. The predicted molar refractivity (Wildman–Crippen MR) is 69.9 cm³/mol. The number of rotatable bonds is 3. The molecule has 3 rings (SSSR count). The molecule has 2 aliphatic rings. The van der Waals surface area contributed by atoms with Crippen LogP contribution in [-0.4, -0.2) is 40.9 Å². The number of aliphatic hydroxyl groups excluding tert-OH is 2. The van der Waals surface area contributed by atoms with E-state index in [-0.39, 0.29) is 18.6 Å². The van der Waals surface area contributed by atoms with Gasteiger partial charge in [-0.3, -0.25) is 4.90 Å². The molecule has 1 heterocycles. The summed E-state index contributed by atoms with van der Waals surface area (Å²) in [5, 5.41) is 19.5. The molecule has 1 aliphatic carbocycles. The highest BCUT2D eigenvalue weighted by Crippen LogP contribution is 2.41. The monoisotopic (exact) mass is 247 g/mol. The van der Waals surface area contributed by atoms with Crippen LogP contribution in [0.1, 0.15) is 12.0 Å². The van der Waals surface area contributed by atoms with Crippen molar-refractivity contribution in [2.24, 2.45) is 17.8 Å². The summed E-state index contributed by atoms with van der Waals surface area (Å²) in [5.41, 5.74) is 1.33. The summed E-state index contributed by atoms with van der Waals surface area (Å²) < 4.78 is 0. The van der Waals surface area contributed by atoms with Crippen LogP contribution in [0.15, 0.2) is 30.3 Å². The molecule has 18 heavy (non-hydrogen) atoms. The highest BCUT2D eigenvalue weighted by molar-refractivity contribution is 5.15. The van der Waals surface area contributed by atoms with E-state index in [9.17, 15) is 10.2 Å². The van der Waals surface area contributed by atoms with E-state index in [0.717, 1.165) is 26.1 Å². The lowest BCUT2D eigenvalue weighted by Gasteiger charge is -2.32. The van der Waals surface area contributed by atoms with Crippen LogP contribution >= 0.6 is 0 Å². The molecule has 0 spiro atoms. The van der Waals surface area contributed by atoms with Crippen molar-refractivity contribution in [2.75, 3.05) is 19.7 Å². The molecule has 4 unspecified atom stereocenters. The Balaban J connectivity index is 1.67. The number of hydrogen-bond donors (Lipinski definition) is 2. The summed E-state index contributed by atoms with van der Waals surface area (Å²) in [5.74, 6) is 0.910. The zero-order chi connectivity index (χ0) is 12.5. The van der Waals surface area contributed by atoms with Crippen LogP contribution in [0.5, 0.6) is 0 Å². The maximum Gasteiger partial charge on any atom is 0.0633 e. The number of fused-ring (bicyclic) bond motifs is 2. The second-order valence-electron chi connectivity index (χ2n) is 5.77. The molecule has 0 radical (unpaired) electrons. The summed E-state index contributed by atoms with van der Waals surface area (Å²) in [6.07, 6.45) is 0.776. The van der Waals surface area contributed by atoms with Crippen LogP contribution in [-0.2, 0) is 6.54 Å². The van der Waals surface area contributed by atoms with Gasteiger partial charge in [-0.25, -0.2) is 0 Å². The summed E-state index contributed by atoms with van der Waals surface area (Å²) in [4.78, 5) is 2.42. The molecule has 98 valence electrons. The Morgan fingerprint density at radius 1 is 1.11 bits per heavy atom. The molecule has 0 amide bonds. The normalized spacial score (nSPS) is 35.9. The van der Waals surface area contributed by atoms with Crippen LogP contribution in [0.3, 0.4) is 0 Å². The molecule has 2 fully saturated rings. The molecule has 1 aliphatic heterocycles. The van der Waals surface area contributed by atoms with Gasteiger partial charge >= 0.3 is 0 Å². The smallest absolute Gasteiger partial charge is 0.0633 e. The van der Waals surface area contributed by atoms with E-state index in [2.05, 4.69) is 29.2 Å². The maximum atomic E-state index is 10.2. The van der Waals surface area contributed by atoms with E-state index in [4.69, 9.17) is 0 Å². The molecule has 1 saturated carbocycles. The van der Waals surface area contributed by atoms with Gasteiger partial charge in [0.1, 0.15) is 0 Å². The predicted octanol–water partition coefficient (Wildman–Crippen LogP) is 1.11. The molecular formula is C15H21NO2. The molecule has 1 aromatic rings. The molecule has 2 bridgehead atoms. The standard InChI is InChI=1S/C15H21NO2/c17-10-14-12-6-13(15(14)18)9-16(8-12)7-11-4-2-1-3-5-11/h1-5,12-15,17-18H,6-10H2. The molecule has 1 aromatic carbocycles. The Bertz CT molecular complexity index is 395. The van der Waals surface area contributed by atoms with Crippen LogP contribution < -0.4 is 0 Å². The first-order chi connectivity index (χ1) is 8.78. The van der Waals surface area contributed by atoms with Gasteiger partial charge in [-0.2, -0.15) is 0 Å². The molecule has 3 nitrogen and oxygen atoms in total. The molecule has 0 aromatic heterocycles. The van der Waals surface area contributed by atoms with Gasteiger partial charge in [0, 0.05) is 32.2 Å². The van der Waals surface area contributed by atoms with Gasteiger partial charge in [-0.1, -0.05) is 30.3 Å². The van der Waals surface area contributed by atoms with Crippen molar-refractivity contribution in [2.45, 2.75) is 19.1 Å². The van der Waals surface area contributed by atoms with E-state index >= 15 is 0 Å². The summed E-state index contributed by atoms with van der Waals surface area (Å²) in [6, 6.07) is 10.5. The zero-order valence-corrected chi connectivity index (χ0v) is 10.6. The van der Waals surface area contributed by atoms with Crippen LogP contribution in [0.2, 0.25) is 0 Å². The number of aliphatic hydroxyl groups is 2. The lowest BCUT2D eigenvalue weighted by Crippen LogP contribution is -2.37. The Labute approximate surface area is 108 Å². The summed E-state index contributed by atoms with van der Waals surface area (Å²) in [6.45, 7) is 3.05. The highest BCUT2D eigenvalue weighted by atomic mass is 16.3. The number of hydrogen-bond acceptors (Lipinski definition) is 3. The molecule has 1 saturated heterocycles. The quantitative estimate of drug-likeness (QED) is 0.841. The largest absolute Gasteiger partial charge is 0.396 e. The van der Waals surface area contributed by atoms with Gasteiger partial charge in [-0.05, 0) is 23.8 Å². The van der Waals surface area contributed by atoms with Crippen LogP contribution in [0.4, 0.5) is 0 Å². The Morgan fingerprint density at radius 3 is 2.56 bits per heavy atom. The minimum absolute atomic E-state index is 0.0933. The van der Waals surface area contributed by atoms with Crippen LogP contribution in [0, 0.1) is 17.8 Å². The number of likely N-dealkylation sites (tertiary alicyclic amines) is 1. The second-order valence-corrected chi connectivity index (χ2v) is 5.77.